The Hall–Kier alpha value is -3.18. The molecule has 3 heterocycles. The Bertz CT molecular complexity index is 1100. The number of ether oxygens (including phenoxy) is 1. The molecule has 5 heteroatoms. The van der Waals surface area contributed by atoms with E-state index in [-0.39, 0.29) is 0 Å². The third kappa shape index (κ3) is 4.47. The van der Waals surface area contributed by atoms with E-state index in [4.69, 9.17) is 9.15 Å². The van der Waals surface area contributed by atoms with Gasteiger partial charge in [-0.05, 0) is 81.3 Å². The number of furan rings is 1. The average molecular weight is 414 g/mol. The Morgan fingerprint density at radius 2 is 1.81 bits per heavy atom. The number of benzene rings is 2. The lowest BCUT2D eigenvalue weighted by molar-refractivity contribution is 0.230. The van der Waals surface area contributed by atoms with Gasteiger partial charge >= 0.3 is 0 Å². The summed E-state index contributed by atoms with van der Waals surface area (Å²) in [6.45, 7) is 5.41. The van der Waals surface area contributed by atoms with Crippen LogP contribution in [0.2, 0.25) is 0 Å². The van der Waals surface area contributed by atoms with Crippen LogP contribution in [0.1, 0.15) is 26.2 Å². The van der Waals surface area contributed by atoms with Gasteiger partial charge in [-0.25, -0.2) is 0 Å². The molecule has 1 saturated heterocycles. The summed E-state index contributed by atoms with van der Waals surface area (Å²) in [4.78, 5) is 2.56. The van der Waals surface area contributed by atoms with Crippen LogP contribution < -0.4 is 4.74 Å². The molecule has 4 aromatic rings. The van der Waals surface area contributed by atoms with Crippen LogP contribution >= 0.6 is 0 Å². The molecule has 0 radical (unpaired) electrons. The summed E-state index contributed by atoms with van der Waals surface area (Å²) in [6, 6.07) is 22.7. The first kappa shape index (κ1) is 19.8. The second-order valence-corrected chi connectivity index (χ2v) is 8.21. The zero-order chi connectivity index (χ0) is 21.0. The summed E-state index contributed by atoms with van der Waals surface area (Å²) >= 11 is 0. The summed E-state index contributed by atoms with van der Waals surface area (Å²) in [6.07, 6.45) is 3.71. The van der Waals surface area contributed by atoms with Crippen molar-refractivity contribution in [3.63, 3.8) is 0 Å². The van der Waals surface area contributed by atoms with Crippen LogP contribution in [-0.2, 0) is 0 Å². The van der Waals surface area contributed by atoms with E-state index in [0.717, 1.165) is 65.0 Å². The maximum atomic E-state index is 5.92. The van der Waals surface area contributed by atoms with E-state index < -0.39 is 0 Å². The fourth-order valence-corrected chi connectivity index (χ4v) is 4.23. The van der Waals surface area contributed by atoms with Crippen molar-refractivity contribution < 1.29 is 9.15 Å². The second kappa shape index (κ2) is 8.90. The molecule has 0 saturated carbocycles. The van der Waals surface area contributed by atoms with E-state index in [9.17, 15) is 0 Å². The van der Waals surface area contributed by atoms with Crippen molar-refractivity contribution in [3.8, 4) is 28.5 Å². The molecule has 2 aromatic carbocycles. The van der Waals surface area contributed by atoms with Gasteiger partial charge in [0.05, 0.1) is 12.3 Å². The van der Waals surface area contributed by atoms with Gasteiger partial charge in [-0.3, -0.25) is 0 Å². The number of nitrogens with zero attached hydrogens (tertiary/aromatic N) is 3. The molecule has 1 unspecified atom stereocenters. The summed E-state index contributed by atoms with van der Waals surface area (Å²) in [5, 5.41) is 9.83. The van der Waals surface area contributed by atoms with Crippen molar-refractivity contribution in [1.82, 2.24) is 15.1 Å². The lowest BCUT2D eigenvalue weighted by Gasteiger charge is -2.20. The zero-order valence-electron chi connectivity index (χ0n) is 17.8. The van der Waals surface area contributed by atoms with Crippen LogP contribution in [0.25, 0.3) is 33.7 Å². The minimum atomic E-state index is 0.721. The highest BCUT2D eigenvalue weighted by Crippen LogP contribution is 2.27. The van der Waals surface area contributed by atoms with Gasteiger partial charge < -0.3 is 14.1 Å². The molecule has 1 fully saturated rings. The smallest absolute Gasteiger partial charge is 0.155 e. The van der Waals surface area contributed by atoms with E-state index in [1.165, 1.54) is 19.4 Å². The first-order valence-electron chi connectivity index (χ1n) is 11.1. The van der Waals surface area contributed by atoms with Crippen molar-refractivity contribution in [2.45, 2.75) is 32.2 Å². The van der Waals surface area contributed by atoms with Crippen molar-refractivity contribution in [1.29, 1.82) is 0 Å². The molecule has 0 N–H and O–H groups in total. The van der Waals surface area contributed by atoms with E-state index in [1.807, 2.05) is 66.7 Å². The summed E-state index contributed by atoms with van der Waals surface area (Å²) in [5.41, 5.74) is 3.43. The number of para-hydroxylation sites is 1. The van der Waals surface area contributed by atoms with Gasteiger partial charge in [0.1, 0.15) is 17.0 Å². The molecule has 1 aliphatic heterocycles. The highest BCUT2D eigenvalue weighted by Gasteiger charge is 2.19. The Morgan fingerprint density at radius 3 is 2.55 bits per heavy atom. The fraction of sp³-hybridized carbons (Fsp3) is 0.308. The number of fused-ring (bicyclic) bond motifs is 1. The van der Waals surface area contributed by atoms with Crippen molar-refractivity contribution in [3.05, 3.63) is 66.7 Å². The Morgan fingerprint density at radius 1 is 1.00 bits per heavy atom. The molecule has 1 aliphatic rings. The quantitative estimate of drug-likeness (QED) is 0.358. The van der Waals surface area contributed by atoms with E-state index in [2.05, 4.69) is 22.0 Å². The molecule has 0 spiro atoms. The highest BCUT2D eigenvalue weighted by molar-refractivity contribution is 5.82. The van der Waals surface area contributed by atoms with Crippen molar-refractivity contribution in [2.75, 3.05) is 19.7 Å². The van der Waals surface area contributed by atoms with Crippen LogP contribution in [-0.4, -0.2) is 40.8 Å². The number of hydrogen-bond acceptors (Lipinski definition) is 5. The second-order valence-electron chi connectivity index (χ2n) is 8.21. The van der Waals surface area contributed by atoms with Gasteiger partial charge in [-0.2, -0.15) is 0 Å². The zero-order valence-corrected chi connectivity index (χ0v) is 17.8. The molecule has 0 aliphatic carbocycles. The predicted molar refractivity (Wildman–Crippen MR) is 123 cm³/mol. The lowest BCUT2D eigenvalue weighted by Crippen LogP contribution is -2.28. The number of hydrogen-bond donors (Lipinski definition) is 0. The molecule has 5 nitrogen and oxygen atoms in total. The minimum absolute atomic E-state index is 0.721. The topological polar surface area (TPSA) is 51.4 Å². The monoisotopic (exact) mass is 413 g/mol. The van der Waals surface area contributed by atoms with Gasteiger partial charge in [0, 0.05) is 23.5 Å². The number of likely N-dealkylation sites (tertiary alicyclic amines) is 1. The van der Waals surface area contributed by atoms with Crippen molar-refractivity contribution >= 4 is 11.0 Å². The highest BCUT2D eigenvalue weighted by atomic mass is 16.5. The average Bonchev–Trinajstić information content (AvgIpc) is 3.43. The molecule has 0 amide bonds. The van der Waals surface area contributed by atoms with Crippen LogP contribution in [0, 0.1) is 0 Å². The number of aromatic nitrogens is 2. The molecular formula is C26H27N3O2. The van der Waals surface area contributed by atoms with E-state index >= 15 is 0 Å². The third-order valence-corrected chi connectivity index (χ3v) is 6.04. The summed E-state index contributed by atoms with van der Waals surface area (Å²) in [5.74, 6) is 1.62. The summed E-state index contributed by atoms with van der Waals surface area (Å²) in [7, 11) is 0. The minimum Gasteiger partial charge on any atom is -0.494 e. The molecule has 5 rings (SSSR count). The van der Waals surface area contributed by atoms with Crippen LogP contribution in [0.3, 0.4) is 0 Å². The largest absolute Gasteiger partial charge is 0.494 e. The van der Waals surface area contributed by atoms with Gasteiger partial charge in [-0.15, -0.1) is 10.2 Å². The molecular weight excluding hydrogens is 386 g/mol. The van der Waals surface area contributed by atoms with E-state index in [0.29, 0.717) is 0 Å². The van der Waals surface area contributed by atoms with Crippen molar-refractivity contribution in [2.24, 2.45) is 0 Å². The predicted octanol–water partition coefficient (Wildman–Crippen LogP) is 5.81. The Kier molecular flexibility index (Phi) is 5.67. The normalized spacial score (nSPS) is 16.7. The first-order chi connectivity index (χ1) is 15.3. The number of rotatable bonds is 7. The SMILES string of the molecule is CC1CCCN1CCCOc1ccc(-c2ccc(-c3cc4ccccc4o3)nn2)cc1. The molecule has 0 bridgehead atoms. The van der Waals surface area contributed by atoms with E-state index in [1.54, 1.807) is 0 Å². The molecule has 2 aromatic heterocycles. The van der Waals surface area contributed by atoms with Gasteiger partial charge in [0.15, 0.2) is 5.76 Å². The Balaban J connectivity index is 1.18. The van der Waals surface area contributed by atoms with Gasteiger partial charge in [0.25, 0.3) is 0 Å². The first-order valence-corrected chi connectivity index (χ1v) is 11.1. The molecule has 158 valence electrons. The van der Waals surface area contributed by atoms with Crippen LogP contribution in [0.4, 0.5) is 0 Å². The third-order valence-electron chi connectivity index (χ3n) is 6.04. The standard InChI is InChI=1S/C26H27N3O2/c1-19-6-4-15-29(19)16-5-17-30-22-11-9-20(10-12-22)23-13-14-24(28-27-23)26-18-21-7-2-3-8-25(21)31-26/h2-3,7-14,18-19H,4-6,15-17H2,1H3. The Labute approximate surface area is 182 Å². The maximum Gasteiger partial charge on any atom is 0.155 e. The van der Waals surface area contributed by atoms with Gasteiger partial charge in [0.2, 0.25) is 0 Å². The van der Waals surface area contributed by atoms with Gasteiger partial charge in [-0.1, -0.05) is 18.2 Å². The van der Waals surface area contributed by atoms with Crippen LogP contribution in [0.15, 0.2) is 71.1 Å². The van der Waals surface area contributed by atoms with Crippen LogP contribution in [0.5, 0.6) is 5.75 Å². The molecule has 31 heavy (non-hydrogen) atoms. The molecule has 1 atom stereocenters. The summed E-state index contributed by atoms with van der Waals surface area (Å²) < 4.78 is 11.8. The fourth-order valence-electron chi connectivity index (χ4n) is 4.23. The maximum absolute atomic E-state index is 5.92. The lowest BCUT2D eigenvalue weighted by atomic mass is 10.1.